The molecule has 0 atom stereocenters. The molecule has 0 aliphatic rings. The topological polar surface area (TPSA) is 29.8 Å². The Kier molecular flexibility index (Phi) is 5.74. The molecular weight excluding hydrogens is 322 g/mol. The van der Waals surface area contributed by atoms with Crippen LogP contribution in [0.25, 0.3) is 5.69 Å². The number of nitrogens with zero attached hydrogens (tertiary/aromatic N) is 3. The Hall–Kier alpha value is -3.01. The molecule has 0 aliphatic carbocycles. The summed E-state index contributed by atoms with van der Waals surface area (Å²) in [7, 11) is 1.67. The minimum absolute atomic E-state index is 0.851. The highest BCUT2D eigenvalue weighted by atomic mass is 16.5. The van der Waals surface area contributed by atoms with E-state index in [1.165, 1.54) is 5.69 Å². The van der Waals surface area contributed by atoms with Gasteiger partial charge in [0.1, 0.15) is 5.75 Å². The van der Waals surface area contributed by atoms with E-state index in [1.807, 2.05) is 42.7 Å². The van der Waals surface area contributed by atoms with Crippen LogP contribution in [-0.4, -0.2) is 31.0 Å². The Morgan fingerprint density at radius 2 is 1.65 bits per heavy atom. The van der Waals surface area contributed by atoms with Crippen molar-refractivity contribution in [3.05, 3.63) is 72.6 Å². The second kappa shape index (κ2) is 8.39. The lowest BCUT2D eigenvalue weighted by atomic mass is 10.2. The summed E-state index contributed by atoms with van der Waals surface area (Å²) in [5.41, 5.74) is 4.29. The van der Waals surface area contributed by atoms with E-state index in [0.29, 0.717) is 0 Å². The Bertz CT molecular complexity index is 844. The molecule has 2 aromatic carbocycles. The predicted molar refractivity (Wildman–Crippen MR) is 110 cm³/mol. The number of anilines is 1. The maximum absolute atomic E-state index is 5.23. The highest BCUT2D eigenvalue weighted by Gasteiger charge is 2.03. The molecule has 4 nitrogen and oxygen atoms in total. The molecule has 26 heavy (non-hydrogen) atoms. The number of hydrogen-bond donors (Lipinski definition) is 0. The van der Waals surface area contributed by atoms with E-state index >= 15 is 0 Å². The first-order valence-electron chi connectivity index (χ1n) is 8.96. The predicted octanol–water partition coefficient (Wildman–Crippen LogP) is 5.08. The normalized spacial score (nSPS) is 11.0. The number of aliphatic imine (C=N–C) groups is 1. The lowest BCUT2D eigenvalue weighted by Gasteiger charge is -2.20. The minimum atomic E-state index is 0.851. The molecular formula is C22H25N3O. The maximum Gasteiger partial charge on any atom is 0.119 e. The van der Waals surface area contributed by atoms with E-state index in [0.717, 1.165) is 35.9 Å². The first kappa shape index (κ1) is 17.8. The van der Waals surface area contributed by atoms with Crippen LogP contribution in [-0.2, 0) is 0 Å². The molecule has 0 saturated carbocycles. The van der Waals surface area contributed by atoms with Crippen LogP contribution >= 0.6 is 0 Å². The van der Waals surface area contributed by atoms with Crippen LogP contribution in [0.1, 0.15) is 19.5 Å². The van der Waals surface area contributed by atoms with Crippen LogP contribution in [0.5, 0.6) is 5.75 Å². The van der Waals surface area contributed by atoms with E-state index in [-0.39, 0.29) is 0 Å². The molecule has 1 heterocycles. The molecule has 0 bridgehead atoms. The third-order valence-electron chi connectivity index (χ3n) is 4.46. The van der Waals surface area contributed by atoms with Gasteiger partial charge in [0, 0.05) is 30.7 Å². The summed E-state index contributed by atoms with van der Waals surface area (Å²) >= 11 is 0. The summed E-state index contributed by atoms with van der Waals surface area (Å²) in [5.74, 6) is 0.851. The second-order valence-electron chi connectivity index (χ2n) is 5.95. The molecule has 3 aromatic rings. The highest BCUT2D eigenvalue weighted by Crippen LogP contribution is 2.20. The Morgan fingerprint density at radius 1 is 0.962 bits per heavy atom. The van der Waals surface area contributed by atoms with Crippen molar-refractivity contribution in [2.45, 2.75) is 13.8 Å². The second-order valence-corrected chi connectivity index (χ2v) is 5.95. The van der Waals surface area contributed by atoms with Crippen LogP contribution in [0, 0.1) is 0 Å². The molecule has 0 fully saturated rings. The lowest BCUT2D eigenvalue weighted by molar-refractivity contribution is 0.415. The summed E-state index contributed by atoms with van der Waals surface area (Å²) in [6.45, 7) is 6.36. The van der Waals surface area contributed by atoms with Crippen LogP contribution in [0.15, 0.2) is 71.9 Å². The van der Waals surface area contributed by atoms with Crippen molar-refractivity contribution in [3.8, 4) is 11.4 Å². The van der Waals surface area contributed by atoms with E-state index in [9.17, 15) is 0 Å². The van der Waals surface area contributed by atoms with Crippen molar-refractivity contribution in [3.63, 3.8) is 0 Å². The third kappa shape index (κ3) is 3.97. The Balaban J connectivity index is 1.78. The van der Waals surface area contributed by atoms with Gasteiger partial charge < -0.3 is 14.2 Å². The van der Waals surface area contributed by atoms with Crippen molar-refractivity contribution in [1.29, 1.82) is 0 Å². The molecule has 0 radical (unpaired) electrons. The summed E-state index contributed by atoms with van der Waals surface area (Å²) < 4.78 is 7.33. The van der Waals surface area contributed by atoms with E-state index in [4.69, 9.17) is 4.74 Å². The van der Waals surface area contributed by atoms with Crippen molar-refractivity contribution < 1.29 is 4.74 Å². The zero-order chi connectivity index (χ0) is 18.4. The van der Waals surface area contributed by atoms with Gasteiger partial charge in [-0.2, -0.15) is 0 Å². The molecule has 0 N–H and O–H groups in total. The molecule has 134 valence electrons. The van der Waals surface area contributed by atoms with Gasteiger partial charge >= 0.3 is 0 Å². The average Bonchev–Trinajstić information content (AvgIpc) is 3.17. The first-order valence-corrected chi connectivity index (χ1v) is 8.96. The molecule has 4 heteroatoms. The fraction of sp³-hybridized carbons (Fsp3) is 0.227. The first-order chi connectivity index (χ1) is 12.7. The fourth-order valence-corrected chi connectivity index (χ4v) is 2.96. The summed E-state index contributed by atoms with van der Waals surface area (Å²) in [4.78, 5) is 6.95. The molecule has 3 rings (SSSR count). The van der Waals surface area contributed by atoms with Gasteiger partial charge in [0.15, 0.2) is 0 Å². The molecule has 0 aliphatic heterocycles. The number of rotatable bonds is 7. The molecule has 0 amide bonds. The summed E-state index contributed by atoms with van der Waals surface area (Å²) in [6, 6.07) is 20.4. The van der Waals surface area contributed by atoms with Crippen LogP contribution in [0.4, 0.5) is 11.4 Å². The van der Waals surface area contributed by atoms with Crippen LogP contribution < -0.4 is 9.64 Å². The van der Waals surface area contributed by atoms with Gasteiger partial charge in [0.05, 0.1) is 24.7 Å². The maximum atomic E-state index is 5.23. The fourth-order valence-electron chi connectivity index (χ4n) is 2.96. The largest absolute Gasteiger partial charge is 0.497 e. The quantitative estimate of drug-likeness (QED) is 0.558. The van der Waals surface area contributed by atoms with Gasteiger partial charge in [-0.05, 0) is 74.5 Å². The van der Waals surface area contributed by atoms with Crippen molar-refractivity contribution >= 4 is 17.6 Å². The molecule has 0 saturated heterocycles. The van der Waals surface area contributed by atoms with Crippen molar-refractivity contribution in [2.75, 3.05) is 25.1 Å². The zero-order valence-electron chi connectivity index (χ0n) is 15.6. The Morgan fingerprint density at radius 3 is 2.27 bits per heavy atom. The lowest BCUT2D eigenvalue weighted by Crippen LogP contribution is -2.21. The summed E-state index contributed by atoms with van der Waals surface area (Å²) in [5, 5.41) is 0. The third-order valence-corrected chi connectivity index (χ3v) is 4.46. The standard InChI is InChI=1S/C22H25N3O/c1-4-24(5-2)19-10-8-18(9-11-19)23-17-21-7-6-16-25(21)20-12-14-22(26-3)15-13-20/h6-17H,4-5H2,1-3H3. The van der Waals surface area contributed by atoms with Gasteiger partial charge in [-0.25, -0.2) is 0 Å². The van der Waals surface area contributed by atoms with Gasteiger partial charge in [-0.3, -0.25) is 4.99 Å². The van der Waals surface area contributed by atoms with Crippen LogP contribution in [0.2, 0.25) is 0 Å². The van der Waals surface area contributed by atoms with Gasteiger partial charge in [0.2, 0.25) is 0 Å². The molecule has 1 aromatic heterocycles. The van der Waals surface area contributed by atoms with E-state index in [1.54, 1.807) is 7.11 Å². The van der Waals surface area contributed by atoms with Gasteiger partial charge in [-0.15, -0.1) is 0 Å². The number of ether oxygens (including phenoxy) is 1. The van der Waals surface area contributed by atoms with E-state index in [2.05, 4.69) is 58.6 Å². The number of hydrogen-bond acceptors (Lipinski definition) is 3. The smallest absolute Gasteiger partial charge is 0.119 e. The number of aromatic nitrogens is 1. The molecule has 0 unspecified atom stereocenters. The Labute approximate surface area is 155 Å². The zero-order valence-corrected chi connectivity index (χ0v) is 15.6. The monoisotopic (exact) mass is 347 g/mol. The van der Waals surface area contributed by atoms with E-state index < -0.39 is 0 Å². The highest BCUT2D eigenvalue weighted by molar-refractivity contribution is 5.81. The number of methoxy groups -OCH3 is 1. The number of benzene rings is 2. The average molecular weight is 347 g/mol. The minimum Gasteiger partial charge on any atom is -0.497 e. The SMILES string of the molecule is CCN(CC)c1ccc(N=Cc2cccn2-c2ccc(OC)cc2)cc1. The van der Waals surface area contributed by atoms with Gasteiger partial charge in [0.25, 0.3) is 0 Å². The van der Waals surface area contributed by atoms with Crippen molar-refractivity contribution in [1.82, 2.24) is 4.57 Å². The van der Waals surface area contributed by atoms with Crippen molar-refractivity contribution in [2.24, 2.45) is 4.99 Å². The van der Waals surface area contributed by atoms with Gasteiger partial charge in [-0.1, -0.05) is 0 Å². The summed E-state index contributed by atoms with van der Waals surface area (Å²) in [6.07, 6.45) is 3.93. The molecule has 0 spiro atoms. The van der Waals surface area contributed by atoms with Crippen LogP contribution in [0.3, 0.4) is 0 Å².